The Labute approximate surface area is 188 Å². The summed E-state index contributed by atoms with van der Waals surface area (Å²) in [4.78, 5) is 31.3. The van der Waals surface area contributed by atoms with Gasteiger partial charge in [0.1, 0.15) is 0 Å². The first-order chi connectivity index (χ1) is 14.0. The van der Waals surface area contributed by atoms with Crippen LogP contribution in [0.25, 0.3) is 0 Å². The Kier molecular flexibility index (Phi) is 15.7. The quantitative estimate of drug-likeness (QED) is 0.280. The molecule has 184 valence electrons. The zero-order valence-electron chi connectivity index (χ0n) is 19.4. The molecule has 8 N–H and O–H groups in total. The molecule has 0 aliphatic carbocycles. The second-order valence-corrected chi connectivity index (χ2v) is 11.0. The third-order valence-electron chi connectivity index (χ3n) is 4.30. The second kappa shape index (κ2) is 14.8. The summed E-state index contributed by atoms with van der Waals surface area (Å²) in [7, 11) is -5.22. The van der Waals surface area contributed by atoms with Crippen LogP contribution in [0.2, 0.25) is 0 Å². The van der Waals surface area contributed by atoms with E-state index in [1.54, 1.807) is 0 Å². The highest BCUT2D eigenvalue weighted by atomic mass is 31.2. The van der Waals surface area contributed by atoms with Crippen molar-refractivity contribution < 1.29 is 44.3 Å². The molecule has 0 aliphatic rings. The number of hydrogen-bond donors (Lipinski definition) is 8. The summed E-state index contributed by atoms with van der Waals surface area (Å²) in [6, 6.07) is 6.96. The molecule has 0 atom stereocenters. The predicted molar refractivity (Wildman–Crippen MR) is 123 cm³/mol. The van der Waals surface area contributed by atoms with Gasteiger partial charge in [-0.15, -0.1) is 0 Å². The Morgan fingerprint density at radius 2 is 0.935 bits per heavy atom. The molecule has 0 fully saturated rings. The van der Waals surface area contributed by atoms with E-state index in [9.17, 15) is 0 Å². The number of rotatable bonds is 6. The first-order valence-corrected chi connectivity index (χ1v) is 11.9. The van der Waals surface area contributed by atoms with Gasteiger partial charge in [0.05, 0.1) is 31.8 Å². The van der Waals surface area contributed by atoms with Gasteiger partial charge in [-0.3, -0.25) is 0 Å². The van der Waals surface area contributed by atoms with Crippen molar-refractivity contribution in [2.75, 3.05) is 26.4 Å². The van der Waals surface area contributed by atoms with Gasteiger partial charge in [0.15, 0.2) is 0 Å². The molecule has 0 saturated heterocycles. The molecule has 0 aromatic heterocycles. The normalized spacial score (nSPS) is 12.3. The number of aliphatic hydroxyl groups excluding tert-OH is 4. The van der Waals surface area contributed by atoms with Gasteiger partial charge in [0, 0.05) is 0 Å². The average Bonchev–Trinajstić information content (AvgIpc) is 2.62. The fourth-order valence-corrected chi connectivity index (χ4v) is 2.54. The molecule has 1 aromatic rings. The van der Waals surface area contributed by atoms with E-state index in [2.05, 4.69) is 71.0 Å². The van der Waals surface area contributed by atoms with Crippen molar-refractivity contribution in [1.29, 1.82) is 0 Å². The van der Waals surface area contributed by atoms with E-state index in [-0.39, 0.29) is 10.8 Å². The summed E-state index contributed by atoms with van der Waals surface area (Å²) in [6.45, 7) is 14.2. The topological polar surface area (TPSA) is 171 Å². The molecule has 1 aromatic carbocycles. The maximum Gasteiger partial charge on any atom is 0.334 e. The summed E-state index contributed by atoms with van der Waals surface area (Å²) >= 11 is 0. The lowest BCUT2D eigenvalue weighted by molar-refractivity contribution is -0.0328. The Morgan fingerprint density at radius 3 is 1.06 bits per heavy atom. The van der Waals surface area contributed by atoms with Gasteiger partial charge in [-0.2, -0.15) is 0 Å². The first-order valence-electron chi connectivity index (χ1n) is 9.58. The van der Waals surface area contributed by atoms with Gasteiger partial charge < -0.3 is 40.0 Å². The third kappa shape index (κ3) is 14.5. The number of benzene rings is 1. The third-order valence-corrected chi connectivity index (χ3v) is 5.47. The maximum atomic E-state index is 8.50. The molecular weight excluding hydrogens is 446 g/mol. The van der Waals surface area contributed by atoms with E-state index >= 15 is 0 Å². The molecule has 9 nitrogen and oxygen atoms in total. The summed E-state index contributed by atoms with van der Waals surface area (Å²) < 4.78 is 3.60. The lowest BCUT2D eigenvalue weighted by Crippen LogP contribution is -2.37. The standard InChI is InChI=1S/C15H24.C5H12O4.H4O5P2/c1-11-8-12(14(2,3)4)10-13(9-11)15(5,6)7;6-1-5(2-7,3-8)4-9;1-6(2)5-7(3)4/h8-10H,1-7H3;6-9H,1-4H2;1-4H. The van der Waals surface area contributed by atoms with Crippen LogP contribution in [0, 0.1) is 12.3 Å². The number of aryl methyl sites for hydroxylation is 1. The van der Waals surface area contributed by atoms with Crippen LogP contribution in [0.4, 0.5) is 0 Å². The van der Waals surface area contributed by atoms with Crippen molar-refractivity contribution in [3.63, 3.8) is 0 Å². The zero-order valence-corrected chi connectivity index (χ0v) is 21.2. The minimum atomic E-state index is -2.61. The highest BCUT2D eigenvalue weighted by Gasteiger charge is 2.26. The molecule has 0 radical (unpaired) electrons. The van der Waals surface area contributed by atoms with Crippen LogP contribution in [0.3, 0.4) is 0 Å². The number of aliphatic hydroxyl groups is 4. The van der Waals surface area contributed by atoms with Crippen LogP contribution in [-0.4, -0.2) is 66.4 Å². The van der Waals surface area contributed by atoms with Crippen molar-refractivity contribution in [2.45, 2.75) is 59.3 Å². The van der Waals surface area contributed by atoms with Gasteiger partial charge in [0.25, 0.3) is 0 Å². The summed E-state index contributed by atoms with van der Waals surface area (Å²) in [5.74, 6) is 0. The van der Waals surface area contributed by atoms with Gasteiger partial charge in [-0.1, -0.05) is 65.3 Å². The molecule has 0 bridgehead atoms. The average molecular weight is 486 g/mol. The molecule has 11 heteroatoms. The van der Waals surface area contributed by atoms with E-state index in [4.69, 9.17) is 40.0 Å². The Hall–Kier alpha value is -0.280. The SMILES string of the molecule is Cc1cc(C(C)(C)C)cc(C(C)(C)C)c1.OCC(CO)(CO)CO.OP(O)OP(O)O. The van der Waals surface area contributed by atoms with Crippen LogP contribution in [-0.2, 0) is 15.1 Å². The predicted octanol–water partition coefficient (Wildman–Crippen LogP) is 1.96. The minimum absolute atomic E-state index is 0.242. The largest absolute Gasteiger partial charge is 0.396 e. The van der Waals surface area contributed by atoms with E-state index in [1.807, 2.05) is 0 Å². The van der Waals surface area contributed by atoms with Gasteiger partial charge in [0.2, 0.25) is 0 Å². The summed E-state index contributed by atoms with van der Waals surface area (Å²) in [5, 5.41) is 34.0. The lowest BCUT2D eigenvalue weighted by Gasteiger charge is -2.25. The van der Waals surface area contributed by atoms with Crippen LogP contribution in [0.1, 0.15) is 58.2 Å². The van der Waals surface area contributed by atoms with Crippen molar-refractivity contribution in [3.05, 3.63) is 34.9 Å². The molecule has 0 unspecified atom stereocenters. The molecule has 0 amide bonds. The first kappa shape index (κ1) is 32.9. The van der Waals surface area contributed by atoms with Crippen molar-refractivity contribution in [2.24, 2.45) is 5.41 Å². The Bertz CT molecular complexity index is 552. The van der Waals surface area contributed by atoms with E-state index in [1.165, 1.54) is 16.7 Å². The summed E-state index contributed by atoms with van der Waals surface area (Å²) in [5.41, 5.74) is 3.62. The van der Waals surface area contributed by atoms with Crippen LogP contribution in [0.5, 0.6) is 0 Å². The van der Waals surface area contributed by atoms with Crippen molar-refractivity contribution in [3.8, 4) is 0 Å². The number of hydrogen-bond acceptors (Lipinski definition) is 9. The van der Waals surface area contributed by atoms with Gasteiger partial charge >= 0.3 is 17.2 Å². The fraction of sp³-hybridized carbons (Fsp3) is 0.700. The highest BCUT2D eigenvalue weighted by molar-refractivity contribution is 7.53. The second-order valence-electron chi connectivity index (χ2n) is 9.31. The Morgan fingerprint density at radius 1 is 0.645 bits per heavy atom. The van der Waals surface area contributed by atoms with Crippen LogP contribution in [0.15, 0.2) is 18.2 Å². The highest BCUT2D eigenvalue weighted by Crippen LogP contribution is 2.41. The molecule has 1 rings (SSSR count). The molecule has 0 heterocycles. The summed E-state index contributed by atoms with van der Waals surface area (Å²) in [6.07, 6.45) is 0. The van der Waals surface area contributed by atoms with E-state index in [0.29, 0.717) is 0 Å². The monoisotopic (exact) mass is 486 g/mol. The van der Waals surface area contributed by atoms with Crippen molar-refractivity contribution in [1.82, 2.24) is 0 Å². The molecule has 31 heavy (non-hydrogen) atoms. The lowest BCUT2D eigenvalue weighted by atomic mass is 9.80. The molecule has 0 aliphatic heterocycles. The maximum absolute atomic E-state index is 8.50. The van der Waals surface area contributed by atoms with E-state index < -0.39 is 49.0 Å². The minimum Gasteiger partial charge on any atom is -0.396 e. The van der Waals surface area contributed by atoms with Gasteiger partial charge in [-0.25, -0.2) is 4.31 Å². The molecular formula is C20H40O9P2. The van der Waals surface area contributed by atoms with Crippen LogP contribution >= 0.6 is 17.2 Å². The molecule has 0 spiro atoms. The van der Waals surface area contributed by atoms with Crippen LogP contribution < -0.4 is 0 Å². The van der Waals surface area contributed by atoms with Crippen molar-refractivity contribution >= 4 is 17.2 Å². The zero-order chi connectivity index (χ0) is 25.0. The fourth-order valence-electron chi connectivity index (χ4n) is 2.01. The Balaban J connectivity index is 0. The van der Waals surface area contributed by atoms with E-state index in [0.717, 1.165) is 0 Å². The van der Waals surface area contributed by atoms with Gasteiger partial charge in [-0.05, 0) is 28.9 Å². The molecule has 0 saturated carbocycles. The smallest absolute Gasteiger partial charge is 0.334 e.